The number of benzene rings is 1. The number of rotatable bonds is 3. The van der Waals surface area contributed by atoms with Crippen LogP contribution in [-0.2, 0) is 7.05 Å². The van der Waals surface area contributed by atoms with Crippen LogP contribution < -0.4 is 17.0 Å². The zero-order chi connectivity index (χ0) is 14.3. The summed E-state index contributed by atoms with van der Waals surface area (Å²) in [6, 6.07) is 6.96. The lowest BCUT2D eigenvalue weighted by molar-refractivity contribution is 0.478. The summed E-state index contributed by atoms with van der Waals surface area (Å²) in [5, 5.41) is 5.68. The van der Waals surface area contributed by atoms with Crippen LogP contribution in [0.2, 0.25) is 5.02 Å². The number of anilines is 1. The SMILES string of the molecule is Cn1ncc(C(NN)c2cc3cc(Cl)ccc3o2)c1N. The molecule has 1 unspecified atom stereocenters. The van der Waals surface area contributed by atoms with Gasteiger partial charge in [0.1, 0.15) is 23.2 Å². The Kier molecular flexibility index (Phi) is 3.13. The highest BCUT2D eigenvalue weighted by Gasteiger charge is 2.22. The van der Waals surface area contributed by atoms with Gasteiger partial charge in [-0.15, -0.1) is 0 Å². The predicted molar refractivity (Wildman–Crippen MR) is 78.0 cm³/mol. The highest BCUT2D eigenvalue weighted by Crippen LogP contribution is 2.31. The predicted octanol–water partition coefficient (Wildman–Crippen LogP) is 1.95. The third kappa shape index (κ3) is 2.03. The first kappa shape index (κ1) is 13.0. The van der Waals surface area contributed by atoms with Gasteiger partial charge in [0.25, 0.3) is 0 Å². The maximum absolute atomic E-state index is 5.98. The highest BCUT2D eigenvalue weighted by molar-refractivity contribution is 6.31. The van der Waals surface area contributed by atoms with E-state index in [2.05, 4.69) is 10.5 Å². The number of hydrogen-bond acceptors (Lipinski definition) is 5. The Hall–Kier alpha value is -2.02. The number of nitrogens with zero attached hydrogens (tertiary/aromatic N) is 2. The van der Waals surface area contributed by atoms with Crippen LogP contribution in [-0.4, -0.2) is 9.78 Å². The lowest BCUT2D eigenvalue weighted by Gasteiger charge is -2.12. The van der Waals surface area contributed by atoms with Crippen LogP contribution >= 0.6 is 11.6 Å². The third-order valence-corrected chi connectivity index (χ3v) is 3.51. The lowest BCUT2D eigenvalue weighted by Crippen LogP contribution is -2.29. The number of aryl methyl sites for hydroxylation is 1. The molecule has 7 heteroatoms. The van der Waals surface area contributed by atoms with Crippen molar-refractivity contribution in [2.75, 3.05) is 5.73 Å². The molecule has 104 valence electrons. The van der Waals surface area contributed by atoms with Crippen molar-refractivity contribution in [2.45, 2.75) is 6.04 Å². The van der Waals surface area contributed by atoms with Gasteiger partial charge in [0, 0.05) is 23.0 Å². The normalized spacial score (nSPS) is 12.9. The molecule has 3 aromatic rings. The molecule has 0 spiro atoms. The number of nitrogen functional groups attached to an aromatic ring is 1. The first-order valence-electron chi connectivity index (χ1n) is 6.02. The van der Waals surface area contributed by atoms with Crippen molar-refractivity contribution in [2.24, 2.45) is 12.9 Å². The number of nitrogens with one attached hydrogen (secondary N) is 1. The fraction of sp³-hybridized carbons (Fsp3) is 0.154. The Balaban J connectivity index is 2.09. The van der Waals surface area contributed by atoms with E-state index in [1.54, 1.807) is 24.0 Å². The fourth-order valence-electron chi connectivity index (χ4n) is 2.19. The Morgan fingerprint density at radius 1 is 1.40 bits per heavy atom. The van der Waals surface area contributed by atoms with Gasteiger partial charge in [0.2, 0.25) is 0 Å². The van der Waals surface area contributed by atoms with Crippen molar-refractivity contribution in [1.29, 1.82) is 0 Å². The molecule has 20 heavy (non-hydrogen) atoms. The van der Waals surface area contributed by atoms with Crippen molar-refractivity contribution >= 4 is 28.4 Å². The molecule has 3 rings (SSSR count). The molecule has 2 heterocycles. The number of halogens is 1. The van der Waals surface area contributed by atoms with Crippen molar-refractivity contribution in [3.8, 4) is 0 Å². The quantitative estimate of drug-likeness (QED) is 0.506. The molecular weight excluding hydrogens is 278 g/mol. The molecule has 0 saturated heterocycles. The molecule has 5 N–H and O–H groups in total. The Bertz CT molecular complexity index is 763. The van der Waals surface area contributed by atoms with E-state index in [-0.39, 0.29) is 6.04 Å². The second kappa shape index (κ2) is 4.82. The summed E-state index contributed by atoms with van der Waals surface area (Å²) < 4.78 is 7.38. The zero-order valence-corrected chi connectivity index (χ0v) is 11.6. The molecule has 6 nitrogen and oxygen atoms in total. The Labute approximate surface area is 120 Å². The van der Waals surface area contributed by atoms with Gasteiger partial charge in [0.15, 0.2) is 0 Å². The van der Waals surface area contributed by atoms with Gasteiger partial charge in [-0.05, 0) is 24.3 Å². The Morgan fingerprint density at radius 2 is 2.20 bits per heavy atom. The molecule has 1 aromatic carbocycles. The first-order valence-corrected chi connectivity index (χ1v) is 6.40. The Morgan fingerprint density at radius 3 is 2.85 bits per heavy atom. The number of fused-ring (bicyclic) bond motifs is 1. The van der Waals surface area contributed by atoms with Crippen molar-refractivity contribution < 1.29 is 4.42 Å². The van der Waals surface area contributed by atoms with Crippen LogP contribution in [0.4, 0.5) is 5.82 Å². The molecule has 0 aliphatic heterocycles. The minimum absolute atomic E-state index is 0.366. The van der Waals surface area contributed by atoms with Crippen LogP contribution in [0.15, 0.2) is 34.9 Å². The molecular formula is C13H14ClN5O. The van der Waals surface area contributed by atoms with Crippen LogP contribution in [0.1, 0.15) is 17.4 Å². The van der Waals surface area contributed by atoms with E-state index in [4.69, 9.17) is 27.6 Å². The molecule has 0 fully saturated rings. The second-order valence-electron chi connectivity index (χ2n) is 4.54. The van der Waals surface area contributed by atoms with E-state index in [1.807, 2.05) is 18.2 Å². The lowest BCUT2D eigenvalue weighted by atomic mass is 10.1. The van der Waals surface area contributed by atoms with E-state index in [0.29, 0.717) is 16.6 Å². The summed E-state index contributed by atoms with van der Waals surface area (Å²) >= 11 is 5.97. The minimum atomic E-state index is -0.366. The van der Waals surface area contributed by atoms with E-state index in [0.717, 1.165) is 16.5 Å². The number of furan rings is 1. The number of nitrogens with two attached hydrogens (primary N) is 2. The van der Waals surface area contributed by atoms with E-state index in [9.17, 15) is 0 Å². The molecule has 0 bridgehead atoms. The van der Waals surface area contributed by atoms with Gasteiger partial charge in [-0.2, -0.15) is 5.10 Å². The first-order chi connectivity index (χ1) is 9.60. The van der Waals surface area contributed by atoms with Gasteiger partial charge >= 0.3 is 0 Å². The summed E-state index contributed by atoms with van der Waals surface area (Å²) in [5.41, 5.74) is 10.2. The van der Waals surface area contributed by atoms with E-state index < -0.39 is 0 Å². The summed E-state index contributed by atoms with van der Waals surface area (Å²) in [4.78, 5) is 0. The maximum atomic E-state index is 5.98. The average Bonchev–Trinajstić information content (AvgIpc) is 2.97. The van der Waals surface area contributed by atoms with Gasteiger partial charge in [-0.1, -0.05) is 11.6 Å². The summed E-state index contributed by atoms with van der Waals surface area (Å²) in [7, 11) is 1.77. The molecule has 0 aliphatic carbocycles. The van der Waals surface area contributed by atoms with Gasteiger partial charge in [-0.3, -0.25) is 10.5 Å². The molecule has 1 atom stereocenters. The molecule has 2 aromatic heterocycles. The average molecular weight is 292 g/mol. The summed E-state index contributed by atoms with van der Waals surface area (Å²) in [5.74, 6) is 6.83. The summed E-state index contributed by atoms with van der Waals surface area (Å²) in [6.07, 6.45) is 1.67. The second-order valence-corrected chi connectivity index (χ2v) is 4.98. The zero-order valence-electron chi connectivity index (χ0n) is 10.8. The minimum Gasteiger partial charge on any atom is -0.459 e. The highest BCUT2D eigenvalue weighted by atomic mass is 35.5. The van der Waals surface area contributed by atoms with Crippen molar-refractivity contribution in [3.63, 3.8) is 0 Å². The van der Waals surface area contributed by atoms with Crippen LogP contribution in [0, 0.1) is 0 Å². The summed E-state index contributed by atoms with van der Waals surface area (Å²) in [6.45, 7) is 0. The molecule has 0 amide bonds. The van der Waals surface area contributed by atoms with Gasteiger partial charge in [0.05, 0.1) is 6.20 Å². The standard InChI is InChI=1S/C13H14ClN5O/c1-19-13(15)9(6-17-19)12(18-16)11-5-7-4-8(14)2-3-10(7)20-11/h2-6,12,18H,15-16H2,1H3. The van der Waals surface area contributed by atoms with Crippen molar-refractivity contribution in [1.82, 2.24) is 15.2 Å². The van der Waals surface area contributed by atoms with Crippen LogP contribution in [0.3, 0.4) is 0 Å². The number of aromatic nitrogens is 2. The molecule has 0 saturated carbocycles. The fourth-order valence-corrected chi connectivity index (χ4v) is 2.37. The largest absolute Gasteiger partial charge is 0.459 e. The number of hydrogen-bond donors (Lipinski definition) is 3. The van der Waals surface area contributed by atoms with Gasteiger partial charge in [-0.25, -0.2) is 5.43 Å². The van der Waals surface area contributed by atoms with E-state index in [1.165, 1.54) is 0 Å². The topological polar surface area (TPSA) is 95.0 Å². The van der Waals surface area contributed by atoms with Gasteiger partial charge < -0.3 is 10.2 Å². The monoisotopic (exact) mass is 291 g/mol. The van der Waals surface area contributed by atoms with E-state index >= 15 is 0 Å². The van der Waals surface area contributed by atoms with Crippen LogP contribution in [0.25, 0.3) is 11.0 Å². The molecule has 0 aliphatic rings. The maximum Gasteiger partial charge on any atom is 0.134 e. The third-order valence-electron chi connectivity index (χ3n) is 3.27. The van der Waals surface area contributed by atoms with Crippen LogP contribution in [0.5, 0.6) is 0 Å². The smallest absolute Gasteiger partial charge is 0.134 e. The molecule has 0 radical (unpaired) electrons. The number of hydrazine groups is 1. The van der Waals surface area contributed by atoms with Crippen molar-refractivity contribution in [3.05, 3.63) is 46.8 Å².